The molecule has 1 aliphatic carbocycles. The quantitative estimate of drug-likeness (QED) is 0.218. The van der Waals surface area contributed by atoms with Crippen molar-refractivity contribution in [2.45, 2.75) is 95.9 Å². The number of Topliss-reactive ketones (excluding diaryl/α,β-unsaturated/α-hetero) is 1. The van der Waals surface area contributed by atoms with Crippen LogP contribution < -0.4 is 4.74 Å². The topological polar surface area (TPSA) is 101 Å². The van der Waals surface area contributed by atoms with Gasteiger partial charge in [-0.05, 0) is 88.1 Å². The number of ketones is 1. The van der Waals surface area contributed by atoms with Gasteiger partial charge in [-0.15, -0.1) is 5.73 Å². The number of carbonyl (C=O) groups excluding carboxylic acids is 1. The summed E-state index contributed by atoms with van der Waals surface area (Å²) < 4.78 is 30.5. The summed E-state index contributed by atoms with van der Waals surface area (Å²) in [7, 11) is 0. The van der Waals surface area contributed by atoms with E-state index in [1.807, 2.05) is 43.3 Å². The first-order valence-corrected chi connectivity index (χ1v) is 15.0. The maximum Gasteiger partial charge on any atom is 0.303 e. The molecule has 2 heterocycles. The Kier molecular flexibility index (Phi) is 12.7. The molecular formula is C33H44O8. The molecule has 4 rings (SSSR count). The van der Waals surface area contributed by atoms with Crippen LogP contribution in [0, 0.1) is 18.8 Å². The monoisotopic (exact) mass is 568 g/mol. The van der Waals surface area contributed by atoms with E-state index < -0.39 is 5.97 Å². The second-order valence-electron chi connectivity index (χ2n) is 11.1. The number of ether oxygens (including phenoxy) is 5. The number of aliphatic carboxylic acids is 1. The average Bonchev–Trinajstić information content (AvgIpc) is 3.26. The van der Waals surface area contributed by atoms with Crippen LogP contribution >= 0.6 is 0 Å². The molecule has 6 atom stereocenters. The normalized spacial score (nSPS) is 27.3. The predicted molar refractivity (Wildman–Crippen MR) is 153 cm³/mol. The van der Waals surface area contributed by atoms with Crippen LogP contribution in [0.2, 0.25) is 0 Å². The summed E-state index contributed by atoms with van der Waals surface area (Å²) in [6.07, 6.45) is 13.5. The Bertz CT molecular complexity index is 1060. The molecule has 1 N–H and O–H groups in total. The van der Waals surface area contributed by atoms with Gasteiger partial charge in [-0.2, -0.15) is 0 Å². The van der Waals surface area contributed by atoms with Crippen molar-refractivity contribution >= 4 is 11.8 Å². The van der Waals surface area contributed by atoms with Gasteiger partial charge in [-0.25, -0.2) is 0 Å². The highest BCUT2D eigenvalue weighted by Crippen LogP contribution is 2.37. The van der Waals surface area contributed by atoms with Gasteiger partial charge in [0.15, 0.2) is 12.6 Å². The lowest BCUT2D eigenvalue weighted by atomic mass is 9.90. The molecule has 224 valence electrons. The Morgan fingerprint density at radius 2 is 1.90 bits per heavy atom. The van der Waals surface area contributed by atoms with Gasteiger partial charge in [0, 0.05) is 37.9 Å². The first-order valence-electron chi connectivity index (χ1n) is 15.0. The Labute approximate surface area is 243 Å². The summed E-state index contributed by atoms with van der Waals surface area (Å²) in [6.45, 7) is 3.70. The van der Waals surface area contributed by atoms with Gasteiger partial charge in [-0.1, -0.05) is 24.3 Å². The van der Waals surface area contributed by atoms with Crippen molar-refractivity contribution in [1.82, 2.24) is 0 Å². The van der Waals surface area contributed by atoms with Crippen LogP contribution in [0.15, 0.2) is 54.3 Å². The van der Waals surface area contributed by atoms with Gasteiger partial charge in [0.2, 0.25) is 0 Å². The first-order chi connectivity index (χ1) is 20.0. The number of benzene rings is 1. The highest BCUT2D eigenvalue weighted by atomic mass is 16.7. The van der Waals surface area contributed by atoms with Crippen molar-refractivity contribution in [3.63, 3.8) is 0 Å². The number of aryl methyl sites for hydroxylation is 1. The second-order valence-corrected chi connectivity index (χ2v) is 11.1. The van der Waals surface area contributed by atoms with Gasteiger partial charge in [0.1, 0.15) is 24.2 Å². The van der Waals surface area contributed by atoms with Crippen LogP contribution in [0.5, 0.6) is 5.75 Å². The molecule has 8 nitrogen and oxygen atoms in total. The number of rotatable bonds is 14. The Balaban J connectivity index is 1.48. The number of carboxylic acid groups (broad SMARTS) is 1. The molecular weight excluding hydrogens is 524 g/mol. The third kappa shape index (κ3) is 10.6. The summed E-state index contributed by atoms with van der Waals surface area (Å²) in [5.74, 6) is -0.355. The fourth-order valence-electron chi connectivity index (χ4n) is 5.51. The highest BCUT2D eigenvalue weighted by molar-refractivity contribution is 5.85. The molecule has 41 heavy (non-hydrogen) atoms. The fraction of sp³-hybridized carbons (Fsp3) is 0.606. The van der Waals surface area contributed by atoms with E-state index in [0.29, 0.717) is 39.1 Å². The molecule has 4 unspecified atom stereocenters. The molecule has 8 heteroatoms. The van der Waals surface area contributed by atoms with Crippen molar-refractivity contribution < 1.29 is 38.4 Å². The first kappa shape index (κ1) is 31.2. The molecule has 1 aromatic rings. The highest BCUT2D eigenvalue weighted by Gasteiger charge is 2.42. The fourth-order valence-corrected chi connectivity index (χ4v) is 5.51. The minimum Gasteiger partial charge on any atom is -0.491 e. The molecule has 0 aromatic heterocycles. The Morgan fingerprint density at radius 3 is 2.61 bits per heavy atom. The molecule has 0 radical (unpaired) electrons. The number of allylic oxidation sites excluding steroid dienone is 1. The molecule has 1 saturated carbocycles. The summed E-state index contributed by atoms with van der Waals surface area (Å²) in [6, 6.07) is 7.92. The minimum absolute atomic E-state index is 0.0581. The molecule has 1 aromatic carbocycles. The number of hydrogen-bond donors (Lipinski definition) is 1. The van der Waals surface area contributed by atoms with Crippen molar-refractivity contribution in [2.24, 2.45) is 11.8 Å². The lowest BCUT2D eigenvalue weighted by Crippen LogP contribution is -2.32. The molecule has 0 amide bonds. The van der Waals surface area contributed by atoms with Crippen molar-refractivity contribution in [3.8, 4) is 5.75 Å². The third-order valence-electron chi connectivity index (χ3n) is 7.70. The van der Waals surface area contributed by atoms with E-state index >= 15 is 0 Å². The van der Waals surface area contributed by atoms with Crippen LogP contribution in [0.4, 0.5) is 0 Å². The maximum atomic E-state index is 13.2. The summed E-state index contributed by atoms with van der Waals surface area (Å²) >= 11 is 0. The third-order valence-corrected chi connectivity index (χ3v) is 7.70. The summed E-state index contributed by atoms with van der Waals surface area (Å²) in [4.78, 5) is 23.9. The lowest BCUT2D eigenvalue weighted by molar-refractivity contribution is -0.192. The van der Waals surface area contributed by atoms with Gasteiger partial charge < -0.3 is 28.8 Å². The zero-order valence-electron chi connectivity index (χ0n) is 24.1. The molecule has 3 aliphatic rings. The summed E-state index contributed by atoms with van der Waals surface area (Å²) in [5.41, 5.74) is 4.17. The van der Waals surface area contributed by atoms with Crippen LogP contribution in [0.3, 0.4) is 0 Å². The zero-order chi connectivity index (χ0) is 28.9. The van der Waals surface area contributed by atoms with Crippen molar-refractivity contribution in [1.29, 1.82) is 0 Å². The SMILES string of the molecule is Cc1cccc(OCC(/C=C/[C@H]2C(OC3CCCCO3)CC(=O)[C@@H]2CC=C=CCCC(=O)O)OC2CCCCO2)c1. The lowest BCUT2D eigenvalue weighted by Gasteiger charge is -2.29. The molecule has 2 saturated heterocycles. The smallest absolute Gasteiger partial charge is 0.303 e. The van der Waals surface area contributed by atoms with E-state index in [2.05, 4.69) is 11.8 Å². The van der Waals surface area contributed by atoms with Gasteiger partial charge >= 0.3 is 5.97 Å². The minimum atomic E-state index is -0.842. The zero-order valence-corrected chi connectivity index (χ0v) is 24.1. The molecule has 3 fully saturated rings. The molecule has 2 aliphatic heterocycles. The average molecular weight is 569 g/mol. The second kappa shape index (κ2) is 16.6. The molecule has 0 spiro atoms. The van der Waals surface area contributed by atoms with Crippen LogP contribution in [-0.2, 0) is 28.5 Å². The number of carbonyl (C=O) groups is 2. The van der Waals surface area contributed by atoms with Gasteiger partial charge in [-0.3, -0.25) is 9.59 Å². The molecule has 0 bridgehead atoms. The van der Waals surface area contributed by atoms with Gasteiger partial charge in [0.05, 0.1) is 6.10 Å². The van der Waals surface area contributed by atoms with E-state index in [9.17, 15) is 9.59 Å². The number of carboxylic acids is 1. The van der Waals surface area contributed by atoms with E-state index in [1.165, 1.54) is 0 Å². The van der Waals surface area contributed by atoms with Gasteiger partial charge in [0.25, 0.3) is 0 Å². The standard InChI is InChI=1S/C33H44O8/c1-24-11-10-12-25(21-24)39-23-26(40-32-15-6-8-19-37-32)17-18-28-27(13-4-2-3-5-14-31(35)36)29(34)22-30(28)41-33-16-7-9-20-38-33/h3-4,10-12,17-18,21,26-28,30,32-33H,5-9,13-16,19-20,22-23H2,1H3,(H,35,36)/b18-17+/t2?,26?,27-,28-,30?,32?,33?/m1/s1. The van der Waals surface area contributed by atoms with Crippen LogP contribution in [0.1, 0.15) is 69.8 Å². The number of hydrogen-bond acceptors (Lipinski definition) is 7. The Morgan fingerprint density at radius 1 is 1.12 bits per heavy atom. The van der Waals surface area contributed by atoms with Crippen molar-refractivity contribution in [3.05, 3.63) is 59.9 Å². The Hall–Kier alpha value is -2.74. The van der Waals surface area contributed by atoms with Crippen molar-refractivity contribution in [2.75, 3.05) is 19.8 Å². The summed E-state index contributed by atoms with van der Waals surface area (Å²) in [5, 5.41) is 8.84. The van der Waals surface area contributed by atoms with E-state index in [4.69, 9.17) is 28.8 Å². The maximum absolute atomic E-state index is 13.2. The predicted octanol–water partition coefficient (Wildman–Crippen LogP) is 5.93. The van der Waals surface area contributed by atoms with E-state index in [0.717, 1.165) is 49.8 Å². The van der Waals surface area contributed by atoms with Crippen LogP contribution in [-0.4, -0.2) is 61.5 Å². The van der Waals surface area contributed by atoms with E-state index in [-0.39, 0.29) is 48.8 Å². The largest absolute Gasteiger partial charge is 0.491 e. The van der Waals surface area contributed by atoms with Crippen LogP contribution in [0.25, 0.3) is 0 Å². The van der Waals surface area contributed by atoms with E-state index in [1.54, 1.807) is 6.08 Å².